The molecule has 0 amide bonds. The van der Waals surface area contributed by atoms with E-state index in [1.54, 1.807) is 24.3 Å². The minimum absolute atomic E-state index is 0.557. The highest BCUT2D eigenvalue weighted by Crippen LogP contribution is 2.32. The molecule has 1 unspecified atom stereocenters. The van der Waals surface area contributed by atoms with Gasteiger partial charge in [-0.1, -0.05) is 37.4 Å². The van der Waals surface area contributed by atoms with Crippen molar-refractivity contribution >= 4 is 16.7 Å². The first-order valence-electron chi connectivity index (χ1n) is 7.60. The Morgan fingerprint density at radius 3 is 2.04 bits per heavy atom. The fourth-order valence-corrected chi connectivity index (χ4v) is 1.97. The number of aliphatic hydroxyl groups is 1. The largest absolute Gasteiger partial charge is 0.466 e. The summed E-state index contributed by atoms with van der Waals surface area (Å²) in [5.74, 6) is 0.554. The Hall–Kier alpha value is -3.51. The maximum Gasteiger partial charge on any atom is 0.335 e. The molecule has 26 heavy (non-hydrogen) atoms. The summed E-state index contributed by atoms with van der Waals surface area (Å²) in [5.41, 5.74) is 0. The van der Waals surface area contributed by atoms with E-state index in [1.165, 1.54) is 24.9 Å². The summed E-state index contributed by atoms with van der Waals surface area (Å²) >= 11 is 0. The van der Waals surface area contributed by atoms with Crippen molar-refractivity contribution in [2.24, 2.45) is 0 Å². The van der Waals surface area contributed by atoms with Crippen molar-refractivity contribution in [2.75, 3.05) is 0 Å². The van der Waals surface area contributed by atoms with Crippen LogP contribution in [0.4, 0.5) is 0 Å². The summed E-state index contributed by atoms with van der Waals surface area (Å²) in [6.07, 6.45) is 6.13. The molecule has 6 nitrogen and oxygen atoms in total. The van der Waals surface area contributed by atoms with Crippen molar-refractivity contribution in [3.05, 3.63) is 86.8 Å². The maximum atomic E-state index is 11.0. The molecule has 2 aromatic rings. The zero-order valence-corrected chi connectivity index (χ0v) is 13.9. The number of fused-ring (bicyclic) bond motifs is 1. The molecule has 6 heteroatoms. The number of benzene rings is 2. The number of esters is 1. The number of hydrogen-bond acceptors (Lipinski definition) is 6. The van der Waals surface area contributed by atoms with Crippen LogP contribution >= 0.6 is 0 Å². The fourth-order valence-electron chi connectivity index (χ4n) is 1.97. The van der Waals surface area contributed by atoms with Gasteiger partial charge in [-0.2, -0.15) is 0 Å². The van der Waals surface area contributed by atoms with Crippen LogP contribution in [0.15, 0.2) is 86.8 Å². The predicted octanol–water partition coefficient (Wildman–Crippen LogP) is 3.79. The van der Waals surface area contributed by atoms with Gasteiger partial charge in [0.15, 0.2) is 0 Å². The van der Waals surface area contributed by atoms with E-state index in [4.69, 9.17) is 18.9 Å². The van der Waals surface area contributed by atoms with Gasteiger partial charge in [-0.15, -0.1) is 0 Å². The van der Waals surface area contributed by atoms with E-state index in [2.05, 4.69) is 13.2 Å². The van der Waals surface area contributed by atoms with Crippen LogP contribution in [0.1, 0.15) is 0 Å². The van der Waals surface area contributed by atoms with Gasteiger partial charge in [-0.3, -0.25) is 0 Å². The van der Waals surface area contributed by atoms with Crippen LogP contribution in [0.3, 0.4) is 0 Å². The molecule has 0 aliphatic carbocycles. The summed E-state index contributed by atoms with van der Waals surface area (Å²) in [6, 6.07) is 10.9. The molecule has 134 valence electrons. The molecule has 0 aliphatic rings. The lowest BCUT2D eigenvalue weighted by Gasteiger charge is -2.09. The SMILES string of the molecule is C=CC(=O)O/C=C\Oc1cccc2c(O/C=C\OC(O)C=C)cccc12. The van der Waals surface area contributed by atoms with Gasteiger partial charge in [0.2, 0.25) is 6.29 Å². The molecule has 2 rings (SSSR count). The lowest BCUT2D eigenvalue weighted by molar-refractivity contribution is -0.132. The van der Waals surface area contributed by atoms with Gasteiger partial charge in [-0.05, 0) is 18.2 Å². The second kappa shape index (κ2) is 9.71. The van der Waals surface area contributed by atoms with E-state index >= 15 is 0 Å². The average Bonchev–Trinajstić information content (AvgIpc) is 2.68. The lowest BCUT2D eigenvalue weighted by Crippen LogP contribution is -2.02. The normalized spacial score (nSPS) is 12.0. The smallest absolute Gasteiger partial charge is 0.335 e. The van der Waals surface area contributed by atoms with Crippen molar-refractivity contribution in [1.82, 2.24) is 0 Å². The number of ether oxygens (including phenoxy) is 4. The molecule has 0 bridgehead atoms. The Kier molecular flexibility index (Phi) is 7.03. The van der Waals surface area contributed by atoms with Crippen molar-refractivity contribution in [3.8, 4) is 11.5 Å². The van der Waals surface area contributed by atoms with Crippen molar-refractivity contribution < 1.29 is 28.8 Å². The standard InChI is InChI=1S/C20H18O6/c1-3-19(21)25-13-11-23-17-9-5-8-16-15(17)7-6-10-18(16)24-12-14-26-20(22)4-2/h3-14,19,21H,1-2H2/b13-11-,14-12-. The van der Waals surface area contributed by atoms with Crippen molar-refractivity contribution in [1.29, 1.82) is 0 Å². The summed E-state index contributed by atoms with van der Waals surface area (Å²) in [6.45, 7) is 6.69. The molecule has 1 N–H and O–H groups in total. The molecule has 0 radical (unpaired) electrons. The Labute approximate surface area is 150 Å². The monoisotopic (exact) mass is 354 g/mol. The first kappa shape index (κ1) is 18.8. The Morgan fingerprint density at radius 2 is 1.50 bits per heavy atom. The van der Waals surface area contributed by atoms with Crippen LogP contribution in [0.5, 0.6) is 11.5 Å². The first-order chi connectivity index (χ1) is 12.7. The molecule has 2 aromatic carbocycles. The highest BCUT2D eigenvalue weighted by Gasteiger charge is 2.06. The van der Waals surface area contributed by atoms with Gasteiger partial charge >= 0.3 is 5.97 Å². The molecular weight excluding hydrogens is 336 g/mol. The molecule has 0 saturated carbocycles. The number of rotatable bonds is 9. The molecular formula is C20H18O6. The zero-order valence-electron chi connectivity index (χ0n) is 13.9. The average molecular weight is 354 g/mol. The van der Waals surface area contributed by atoms with Gasteiger partial charge in [0.05, 0.1) is 0 Å². The summed E-state index contributed by atoms with van der Waals surface area (Å²) in [7, 11) is 0. The van der Waals surface area contributed by atoms with Gasteiger partial charge in [0.25, 0.3) is 0 Å². The van der Waals surface area contributed by atoms with Crippen molar-refractivity contribution in [3.63, 3.8) is 0 Å². The van der Waals surface area contributed by atoms with E-state index in [1.807, 2.05) is 12.1 Å². The van der Waals surface area contributed by atoms with Crippen LogP contribution in [0.25, 0.3) is 10.8 Å². The maximum absolute atomic E-state index is 11.0. The highest BCUT2D eigenvalue weighted by atomic mass is 16.6. The van der Waals surface area contributed by atoms with Crippen LogP contribution in [-0.4, -0.2) is 17.4 Å². The van der Waals surface area contributed by atoms with Gasteiger partial charge in [0, 0.05) is 16.8 Å². The van der Waals surface area contributed by atoms with Crippen molar-refractivity contribution in [2.45, 2.75) is 6.29 Å². The minimum Gasteiger partial charge on any atom is -0.466 e. The van der Waals surface area contributed by atoms with E-state index in [-0.39, 0.29) is 0 Å². The van der Waals surface area contributed by atoms with Gasteiger partial charge < -0.3 is 24.1 Å². The molecule has 0 spiro atoms. The second-order valence-corrected chi connectivity index (χ2v) is 4.79. The van der Waals surface area contributed by atoms with Crippen LogP contribution in [0.2, 0.25) is 0 Å². The second-order valence-electron chi connectivity index (χ2n) is 4.79. The quantitative estimate of drug-likeness (QED) is 0.243. The van der Waals surface area contributed by atoms with Crippen LogP contribution in [-0.2, 0) is 14.3 Å². The Bertz CT molecular complexity index is 837. The topological polar surface area (TPSA) is 74.2 Å². The molecule has 0 saturated heterocycles. The molecule has 0 fully saturated rings. The Morgan fingerprint density at radius 1 is 0.923 bits per heavy atom. The highest BCUT2D eigenvalue weighted by molar-refractivity contribution is 5.93. The molecule has 1 atom stereocenters. The number of aliphatic hydroxyl groups excluding tert-OH is 1. The van der Waals surface area contributed by atoms with E-state index < -0.39 is 12.3 Å². The minimum atomic E-state index is -1.09. The number of carbonyl (C=O) groups excluding carboxylic acids is 1. The predicted molar refractivity (Wildman–Crippen MR) is 97.1 cm³/mol. The molecule has 0 heterocycles. The lowest BCUT2D eigenvalue weighted by atomic mass is 10.1. The Balaban J connectivity index is 2.13. The van der Waals surface area contributed by atoms with Crippen LogP contribution < -0.4 is 9.47 Å². The van der Waals surface area contributed by atoms with Gasteiger partial charge in [-0.25, -0.2) is 4.79 Å². The summed E-state index contributed by atoms with van der Waals surface area (Å²) in [4.78, 5) is 11.0. The summed E-state index contributed by atoms with van der Waals surface area (Å²) in [5, 5.41) is 10.8. The van der Waals surface area contributed by atoms with Crippen LogP contribution in [0, 0.1) is 0 Å². The third-order valence-electron chi connectivity index (χ3n) is 3.11. The third-order valence-corrected chi connectivity index (χ3v) is 3.11. The van der Waals surface area contributed by atoms with E-state index in [0.717, 1.165) is 23.1 Å². The molecule has 0 aromatic heterocycles. The molecule has 0 aliphatic heterocycles. The third kappa shape index (κ3) is 5.25. The van der Waals surface area contributed by atoms with E-state index in [0.29, 0.717) is 11.5 Å². The summed E-state index contributed by atoms with van der Waals surface area (Å²) < 4.78 is 20.6. The van der Waals surface area contributed by atoms with Gasteiger partial charge in [0.1, 0.15) is 36.5 Å². The van der Waals surface area contributed by atoms with E-state index in [9.17, 15) is 9.90 Å². The number of hydrogen-bond donors (Lipinski definition) is 1. The zero-order chi connectivity index (χ0) is 18.8. The fraction of sp³-hybridized carbons (Fsp3) is 0.0500. The first-order valence-corrected chi connectivity index (χ1v) is 7.60. The number of carbonyl (C=O) groups is 1.